The molecule has 2 fully saturated rings. The molecule has 1 N–H and O–H groups in total. The fourth-order valence-corrected chi connectivity index (χ4v) is 6.45. The summed E-state index contributed by atoms with van der Waals surface area (Å²) in [6.07, 6.45) is 6.07. The lowest BCUT2D eigenvalue weighted by atomic mass is 9.73. The number of ether oxygens (including phenoxy) is 1. The molecule has 9 heteroatoms. The average Bonchev–Trinajstić information content (AvgIpc) is 3.14. The number of hydrogen-bond donors (Lipinski definition) is 1. The van der Waals surface area contributed by atoms with E-state index >= 15 is 0 Å². The summed E-state index contributed by atoms with van der Waals surface area (Å²) >= 11 is 6.04. The lowest BCUT2D eigenvalue weighted by Gasteiger charge is -2.38. The number of amides is 3. The van der Waals surface area contributed by atoms with Crippen LogP contribution in [0.5, 0.6) is 0 Å². The van der Waals surface area contributed by atoms with Gasteiger partial charge in [-0.05, 0) is 76.0 Å². The van der Waals surface area contributed by atoms with Gasteiger partial charge in [0.15, 0.2) is 0 Å². The maximum atomic E-state index is 14.0. The number of rotatable bonds is 5. The predicted octanol–water partition coefficient (Wildman–Crippen LogP) is 4.87. The molecule has 0 unspecified atom stereocenters. The highest BCUT2D eigenvalue weighted by molar-refractivity contribution is 6.30. The third-order valence-electron chi connectivity index (χ3n) is 8.43. The number of carbonyl (C=O) groups is 3. The normalized spacial score (nSPS) is 22.3. The second-order valence-electron chi connectivity index (χ2n) is 10.7. The van der Waals surface area contributed by atoms with E-state index in [1.807, 2.05) is 23.1 Å². The number of aromatic nitrogens is 1. The zero-order valence-corrected chi connectivity index (χ0v) is 22.8. The first-order valence-electron chi connectivity index (χ1n) is 13.6. The number of halogens is 1. The Balaban J connectivity index is 1.21. The van der Waals surface area contributed by atoms with Gasteiger partial charge in [-0.15, -0.1) is 0 Å². The van der Waals surface area contributed by atoms with Crippen molar-refractivity contribution in [2.45, 2.75) is 63.8 Å². The van der Waals surface area contributed by atoms with Gasteiger partial charge in [0, 0.05) is 37.6 Å². The average molecular weight is 539 g/mol. The van der Waals surface area contributed by atoms with Crippen LogP contribution in [0.25, 0.3) is 0 Å². The quantitative estimate of drug-likeness (QED) is 0.586. The van der Waals surface area contributed by atoms with Crippen LogP contribution >= 0.6 is 11.6 Å². The molecule has 3 amide bonds. The van der Waals surface area contributed by atoms with E-state index in [9.17, 15) is 14.4 Å². The van der Waals surface area contributed by atoms with Gasteiger partial charge < -0.3 is 19.9 Å². The molecule has 3 aliphatic rings. The highest BCUT2D eigenvalue weighted by Crippen LogP contribution is 2.48. The molecule has 0 bridgehead atoms. The molecule has 8 nitrogen and oxygen atoms in total. The maximum absolute atomic E-state index is 14.0. The third-order valence-corrected chi connectivity index (χ3v) is 8.64. The Labute approximate surface area is 228 Å². The monoisotopic (exact) mass is 538 g/mol. The zero-order valence-electron chi connectivity index (χ0n) is 22.0. The standard InChI is InChI=1S/C29H35ClN4O4/c1-3-38-28(37)33-14-12-29(13-15-33)24-6-4-5-7-25(24)34(27(29)36)18-20-8-10-22(11-9-20)32-26(35)23-16-21(30)17-31-19(23)2/h4-7,16-17,20,22H,3,8-15,18H2,1-2H3,(H,32,35). The zero-order chi connectivity index (χ0) is 26.9. The van der Waals surface area contributed by atoms with E-state index in [1.165, 1.54) is 0 Å². The number of fused-ring (bicyclic) bond motifs is 2. The van der Waals surface area contributed by atoms with Crippen LogP contribution in [0.2, 0.25) is 5.02 Å². The lowest BCUT2D eigenvalue weighted by Crippen LogP contribution is -2.51. The minimum Gasteiger partial charge on any atom is -0.450 e. The van der Waals surface area contributed by atoms with E-state index in [-0.39, 0.29) is 23.9 Å². The number of para-hydroxylation sites is 1. The van der Waals surface area contributed by atoms with Crippen molar-refractivity contribution in [1.82, 2.24) is 15.2 Å². The maximum Gasteiger partial charge on any atom is 0.409 e. The molecule has 3 heterocycles. The van der Waals surface area contributed by atoms with Crippen LogP contribution in [0, 0.1) is 12.8 Å². The molecule has 2 aliphatic heterocycles. The smallest absolute Gasteiger partial charge is 0.409 e. The summed E-state index contributed by atoms with van der Waals surface area (Å²) < 4.78 is 5.18. The second-order valence-corrected chi connectivity index (χ2v) is 11.1. The third kappa shape index (κ3) is 4.98. The van der Waals surface area contributed by atoms with E-state index in [0.29, 0.717) is 61.3 Å². The number of carbonyl (C=O) groups excluding carboxylic acids is 3. The van der Waals surface area contributed by atoms with E-state index in [1.54, 1.807) is 31.0 Å². The summed E-state index contributed by atoms with van der Waals surface area (Å²) in [6.45, 7) is 5.66. The summed E-state index contributed by atoms with van der Waals surface area (Å²) in [5.41, 5.74) is 2.68. The van der Waals surface area contributed by atoms with Gasteiger partial charge in [0.05, 0.1) is 28.3 Å². The van der Waals surface area contributed by atoms with Crippen LogP contribution in [-0.2, 0) is 14.9 Å². The second kappa shape index (κ2) is 10.9. The van der Waals surface area contributed by atoms with Gasteiger partial charge in [-0.25, -0.2) is 4.79 Å². The first kappa shape index (κ1) is 26.5. The fraction of sp³-hybridized carbons (Fsp3) is 0.517. The number of hydrogen-bond acceptors (Lipinski definition) is 5. The van der Waals surface area contributed by atoms with Crippen molar-refractivity contribution in [2.75, 3.05) is 31.1 Å². The number of pyridine rings is 1. The molecule has 1 aromatic heterocycles. The van der Waals surface area contributed by atoms with Gasteiger partial charge in [0.25, 0.3) is 5.91 Å². The summed E-state index contributed by atoms with van der Waals surface area (Å²) in [7, 11) is 0. The molecule has 0 radical (unpaired) electrons. The van der Waals surface area contributed by atoms with E-state index in [2.05, 4.69) is 16.4 Å². The van der Waals surface area contributed by atoms with Gasteiger partial charge in [-0.3, -0.25) is 14.6 Å². The Morgan fingerprint density at radius 3 is 2.58 bits per heavy atom. The number of nitrogens with zero attached hydrogens (tertiary/aromatic N) is 3. The minimum absolute atomic E-state index is 0.0947. The minimum atomic E-state index is -0.576. The van der Waals surface area contributed by atoms with Crippen LogP contribution in [0.15, 0.2) is 36.5 Å². The van der Waals surface area contributed by atoms with Crippen molar-refractivity contribution < 1.29 is 19.1 Å². The summed E-state index contributed by atoms with van der Waals surface area (Å²) in [5.74, 6) is 0.381. The van der Waals surface area contributed by atoms with Crippen LogP contribution in [0.4, 0.5) is 10.5 Å². The van der Waals surface area contributed by atoms with Crippen molar-refractivity contribution in [3.63, 3.8) is 0 Å². The molecule has 0 atom stereocenters. The predicted molar refractivity (Wildman–Crippen MR) is 145 cm³/mol. The highest BCUT2D eigenvalue weighted by atomic mass is 35.5. The van der Waals surface area contributed by atoms with Gasteiger partial charge in [-0.2, -0.15) is 0 Å². The summed E-state index contributed by atoms with van der Waals surface area (Å²) in [6, 6.07) is 9.87. The number of piperidine rings is 1. The Kier molecular flexibility index (Phi) is 7.61. The number of nitrogens with one attached hydrogen (secondary N) is 1. The van der Waals surface area contributed by atoms with Crippen LogP contribution in [0.1, 0.15) is 67.1 Å². The Hall–Kier alpha value is -3.13. The molecule has 1 saturated heterocycles. The van der Waals surface area contributed by atoms with Crippen molar-refractivity contribution in [1.29, 1.82) is 0 Å². The molecule has 1 aromatic carbocycles. The summed E-state index contributed by atoms with van der Waals surface area (Å²) in [5, 5.41) is 3.60. The van der Waals surface area contributed by atoms with Gasteiger partial charge >= 0.3 is 6.09 Å². The molecule has 5 rings (SSSR count). The fourth-order valence-electron chi connectivity index (χ4n) is 6.30. The number of anilines is 1. The molecule has 202 valence electrons. The van der Waals surface area contributed by atoms with Crippen molar-refractivity contribution in [3.05, 3.63) is 58.4 Å². The van der Waals surface area contributed by atoms with Crippen LogP contribution < -0.4 is 10.2 Å². The van der Waals surface area contributed by atoms with Crippen LogP contribution in [0.3, 0.4) is 0 Å². The number of aryl methyl sites for hydroxylation is 1. The molecule has 1 aliphatic carbocycles. The van der Waals surface area contributed by atoms with Crippen molar-refractivity contribution in [3.8, 4) is 0 Å². The van der Waals surface area contributed by atoms with Gasteiger partial charge in [0.1, 0.15) is 0 Å². The Morgan fingerprint density at radius 1 is 1.16 bits per heavy atom. The van der Waals surface area contributed by atoms with E-state index in [0.717, 1.165) is 36.9 Å². The topological polar surface area (TPSA) is 91.8 Å². The first-order valence-corrected chi connectivity index (χ1v) is 14.0. The number of likely N-dealkylation sites (tertiary alicyclic amines) is 1. The highest BCUT2D eigenvalue weighted by Gasteiger charge is 2.52. The van der Waals surface area contributed by atoms with Crippen molar-refractivity contribution >= 4 is 35.2 Å². The molecule has 1 saturated carbocycles. The molecule has 2 aromatic rings. The Bertz CT molecular complexity index is 1220. The lowest BCUT2D eigenvalue weighted by molar-refractivity contribution is -0.125. The first-order chi connectivity index (χ1) is 18.3. The van der Waals surface area contributed by atoms with Crippen LogP contribution in [-0.4, -0.2) is 60.1 Å². The molecular weight excluding hydrogens is 504 g/mol. The largest absolute Gasteiger partial charge is 0.450 e. The Morgan fingerprint density at radius 2 is 1.87 bits per heavy atom. The van der Waals surface area contributed by atoms with Gasteiger partial charge in [-0.1, -0.05) is 29.8 Å². The van der Waals surface area contributed by atoms with E-state index < -0.39 is 5.41 Å². The number of benzene rings is 1. The van der Waals surface area contributed by atoms with Gasteiger partial charge in [0.2, 0.25) is 5.91 Å². The molecule has 38 heavy (non-hydrogen) atoms. The van der Waals surface area contributed by atoms with E-state index in [4.69, 9.17) is 16.3 Å². The summed E-state index contributed by atoms with van der Waals surface area (Å²) in [4.78, 5) is 46.9. The molecule has 1 spiro atoms. The van der Waals surface area contributed by atoms with Crippen molar-refractivity contribution in [2.24, 2.45) is 5.92 Å². The molecular formula is C29H35ClN4O4. The SMILES string of the molecule is CCOC(=O)N1CCC2(CC1)C(=O)N(CC1CCC(NC(=O)c3cc(Cl)cnc3C)CC1)c1ccccc12.